The van der Waals surface area contributed by atoms with E-state index in [4.69, 9.17) is 0 Å². The topological polar surface area (TPSA) is 61.1 Å². The van der Waals surface area contributed by atoms with Crippen LogP contribution < -0.4 is 5.56 Å². The van der Waals surface area contributed by atoms with Crippen LogP contribution in [0.3, 0.4) is 0 Å². The molecule has 0 unspecified atom stereocenters. The number of hydrogen-bond acceptors (Lipinski definition) is 6. The van der Waals surface area contributed by atoms with E-state index in [9.17, 15) is 9.90 Å². The molecule has 0 amide bonds. The van der Waals surface area contributed by atoms with Crippen LogP contribution >= 0.6 is 11.3 Å². The zero-order valence-corrected chi connectivity index (χ0v) is 14.7. The molecule has 0 saturated carbocycles. The molecule has 3 rings (SSSR count). The highest BCUT2D eigenvalue weighted by Crippen LogP contribution is 2.15. The van der Waals surface area contributed by atoms with E-state index in [1.807, 2.05) is 19.2 Å². The SMILES string of the molecule is Cc1csc2nc(CN3CCN(C[C@H](C)O)[C@H](C)C3)cc(=O)n12. The average Bonchev–Trinajstić information content (AvgIpc) is 2.83. The van der Waals surface area contributed by atoms with Crippen molar-refractivity contribution in [3.8, 4) is 0 Å². The number of fused-ring (bicyclic) bond motifs is 1. The van der Waals surface area contributed by atoms with Gasteiger partial charge in [0.2, 0.25) is 0 Å². The molecular formula is C16H24N4O2S. The first-order valence-electron chi connectivity index (χ1n) is 8.05. The van der Waals surface area contributed by atoms with Crippen LogP contribution in [0.2, 0.25) is 0 Å². The van der Waals surface area contributed by atoms with E-state index in [1.165, 1.54) is 11.3 Å². The molecule has 0 spiro atoms. The standard InChI is InChI=1S/C16H24N4O2S/c1-11-7-18(4-5-19(11)8-13(3)21)9-14-6-15(22)20-12(2)10-23-16(20)17-14/h6,10-11,13,21H,4-5,7-9H2,1-3H3/t11-,13+/m1/s1. The fraction of sp³-hybridized carbons (Fsp3) is 0.625. The lowest BCUT2D eigenvalue weighted by Crippen LogP contribution is -2.53. The van der Waals surface area contributed by atoms with Gasteiger partial charge >= 0.3 is 0 Å². The van der Waals surface area contributed by atoms with Gasteiger partial charge in [-0.15, -0.1) is 11.3 Å². The van der Waals surface area contributed by atoms with Crippen molar-refractivity contribution >= 4 is 16.3 Å². The number of nitrogens with zero attached hydrogens (tertiary/aromatic N) is 4. The molecule has 1 N–H and O–H groups in total. The van der Waals surface area contributed by atoms with Crippen LogP contribution in [0.15, 0.2) is 16.2 Å². The summed E-state index contributed by atoms with van der Waals surface area (Å²) in [5.41, 5.74) is 1.78. The Hall–Kier alpha value is -1.28. The third-order valence-electron chi connectivity index (χ3n) is 4.36. The third-order valence-corrected chi connectivity index (χ3v) is 5.31. The normalized spacial score (nSPS) is 21.8. The Kier molecular flexibility index (Phi) is 4.82. The van der Waals surface area contributed by atoms with E-state index in [2.05, 4.69) is 21.7 Å². The number of rotatable bonds is 4. The maximum Gasteiger partial charge on any atom is 0.259 e. The van der Waals surface area contributed by atoms with Gasteiger partial charge < -0.3 is 5.11 Å². The Labute approximate surface area is 140 Å². The molecule has 1 aliphatic heterocycles. The third kappa shape index (κ3) is 3.63. The summed E-state index contributed by atoms with van der Waals surface area (Å²) in [5, 5.41) is 11.5. The first-order valence-corrected chi connectivity index (χ1v) is 8.93. The highest BCUT2D eigenvalue weighted by molar-refractivity contribution is 7.15. The Balaban J connectivity index is 1.70. The minimum Gasteiger partial charge on any atom is -0.392 e. The highest BCUT2D eigenvalue weighted by Gasteiger charge is 2.24. The summed E-state index contributed by atoms with van der Waals surface area (Å²) in [5.74, 6) is 0. The lowest BCUT2D eigenvalue weighted by atomic mass is 10.1. The summed E-state index contributed by atoms with van der Waals surface area (Å²) in [4.78, 5) is 22.3. The molecule has 126 valence electrons. The number of aryl methyl sites for hydroxylation is 1. The van der Waals surface area contributed by atoms with E-state index in [1.54, 1.807) is 10.5 Å². The highest BCUT2D eigenvalue weighted by atomic mass is 32.1. The van der Waals surface area contributed by atoms with Gasteiger partial charge in [0.15, 0.2) is 4.96 Å². The van der Waals surface area contributed by atoms with Crippen molar-refractivity contribution < 1.29 is 5.11 Å². The molecule has 0 radical (unpaired) electrons. The van der Waals surface area contributed by atoms with Gasteiger partial charge in [-0.25, -0.2) is 4.98 Å². The monoisotopic (exact) mass is 336 g/mol. The van der Waals surface area contributed by atoms with Crippen molar-refractivity contribution in [2.24, 2.45) is 0 Å². The second-order valence-corrected chi connectivity index (χ2v) is 7.35. The lowest BCUT2D eigenvalue weighted by Gasteiger charge is -2.40. The van der Waals surface area contributed by atoms with Crippen molar-refractivity contribution in [3.63, 3.8) is 0 Å². The van der Waals surface area contributed by atoms with E-state index < -0.39 is 0 Å². The van der Waals surface area contributed by atoms with Crippen molar-refractivity contribution in [1.82, 2.24) is 19.2 Å². The lowest BCUT2D eigenvalue weighted by molar-refractivity contribution is 0.0418. The molecule has 2 aromatic heterocycles. The Morgan fingerprint density at radius 2 is 2.26 bits per heavy atom. The number of aliphatic hydroxyl groups excluding tert-OH is 1. The molecule has 23 heavy (non-hydrogen) atoms. The Bertz CT molecular complexity index is 739. The van der Waals surface area contributed by atoms with Crippen LogP contribution in [0, 0.1) is 6.92 Å². The molecule has 6 nitrogen and oxygen atoms in total. The average molecular weight is 336 g/mol. The number of thiazole rings is 1. The molecule has 0 bridgehead atoms. The van der Waals surface area contributed by atoms with E-state index in [0.717, 1.165) is 42.5 Å². The van der Waals surface area contributed by atoms with Gasteiger partial charge in [-0.1, -0.05) is 0 Å². The van der Waals surface area contributed by atoms with Crippen LogP contribution in [0.1, 0.15) is 25.2 Å². The quantitative estimate of drug-likeness (QED) is 0.901. The van der Waals surface area contributed by atoms with Crippen LogP contribution in [-0.4, -0.2) is 62.6 Å². The number of hydrogen-bond donors (Lipinski definition) is 1. The van der Waals surface area contributed by atoms with Gasteiger partial charge in [0.25, 0.3) is 5.56 Å². The molecule has 2 atom stereocenters. The molecule has 0 aromatic carbocycles. The summed E-state index contributed by atoms with van der Waals surface area (Å²) < 4.78 is 1.66. The maximum atomic E-state index is 12.2. The van der Waals surface area contributed by atoms with Gasteiger partial charge in [-0.05, 0) is 20.8 Å². The van der Waals surface area contributed by atoms with E-state index >= 15 is 0 Å². The summed E-state index contributed by atoms with van der Waals surface area (Å²) >= 11 is 1.51. The molecule has 1 aliphatic rings. The number of piperazine rings is 1. The van der Waals surface area contributed by atoms with E-state index in [0.29, 0.717) is 12.6 Å². The summed E-state index contributed by atoms with van der Waals surface area (Å²) in [7, 11) is 0. The molecule has 2 aromatic rings. The first-order chi connectivity index (χ1) is 10.9. The van der Waals surface area contributed by atoms with Gasteiger partial charge in [-0.2, -0.15) is 0 Å². The molecule has 1 fully saturated rings. The minimum atomic E-state index is -0.296. The predicted octanol–water partition coefficient (Wildman–Crippen LogP) is 0.951. The van der Waals surface area contributed by atoms with E-state index in [-0.39, 0.29) is 11.7 Å². The molecule has 0 aliphatic carbocycles. The van der Waals surface area contributed by atoms with Crippen molar-refractivity contribution in [2.75, 3.05) is 26.2 Å². The Morgan fingerprint density at radius 3 is 2.96 bits per heavy atom. The fourth-order valence-corrected chi connectivity index (χ4v) is 4.13. The van der Waals surface area contributed by atoms with Gasteiger partial charge in [-0.3, -0.25) is 19.0 Å². The molecule has 7 heteroatoms. The number of aromatic nitrogens is 2. The summed E-state index contributed by atoms with van der Waals surface area (Å²) in [6, 6.07) is 2.05. The van der Waals surface area contributed by atoms with Crippen LogP contribution in [0.25, 0.3) is 4.96 Å². The van der Waals surface area contributed by atoms with Crippen LogP contribution in [0.4, 0.5) is 0 Å². The summed E-state index contributed by atoms with van der Waals surface area (Å²) in [6.07, 6.45) is -0.296. The van der Waals surface area contributed by atoms with Gasteiger partial charge in [0.05, 0.1) is 11.8 Å². The number of aliphatic hydroxyl groups is 1. The first kappa shape index (κ1) is 16.6. The maximum absolute atomic E-state index is 12.2. The van der Waals surface area contributed by atoms with Crippen LogP contribution in [0.5, 0.6) is 0 Å². The predicted molar refractivity (Wildman–Crippen MR) is 92.1 cm³/mol. The smallest absolute Gasteiger partial charge is 0.259 e. The van der Waals surface area contributed by atoms with Crippen molar-refractivity contribution in [2.45, 2.75) is 39.5 Å². The van der Waals surface area contributed by atoms with Crippen molar-refractivity contribution in [1.29, 1.82) is 0 Å². The van der Waals surface area contributed by atoms with Gasteiger partial charge in [0, 0.05) is 55.9 Å². The zero-order valence-electron chi connectivity index (χ0n) is 13.9. The van der Waals surface area contributed by atoms with Crippen molar-refractivity contribution in [3.05, 3.63) is 33.2 Å². The van der Waals surface area contributed by atoms with Gasteiger partial charge in [0.1, 0.15) is 0 Å². The largest absolute Gasteiger partial charge is 0.392 e. The second kappa shape index (κ2) is 6.68. The molecule has 1 saturated heterocycles. The summed E-state index contributed by atoms with van der Waals surface area (Å²) in [6.45, 7) is 10.2. The number of β-amino-alcohol motifs (C(OH)–C–C–N with tert-alkyl or cyclic N) is 1. The molecular weight excluding hydrogens is 312 g/mol. The fourth-order valence-electron chi connectivity index (χ4n) is 3.24. The molecule has 3 heterocycles. The van der Waals surface area contributed by atoms with Crippen LogP contribution in [-0.2, 0) is 6.54 Å². The minimum absolute atomic E-state index is 0.00420. The second-order valence-electron chi connectivity index (χ2n) is 6.51. The zero-order chi connectivity index (χ0) is 16.6. The Morgan fingerprint density at radius 1 is 1.48 bits per heavy atom.